The van der Waals surface area contributed by atoms with Crippen molar-refractivity contribution < 1.29 is 13.2 Å². The van der Waals surface area contributed by atoms with Crippen molar-refractivity contribution in [2.24, 2.45) is 0 Å². The van der Waals surface area contributed by atoms with Crippen LogP contribution in [-0.2, 0) is 21.2 Å². The van der Waals surface area contributed by atoms with E-state index >= 15 is 0 Å². The Kier molecular flexibility index (Phi) is 7.75. The second-order valence-electron chi connectivity index (χ2n) is 7.47. The van der Waals surface area contributed by atoms with Gasteiger partial charge in [0.2, 0.25) is 0 Å². The maximum atomic E-state index is 13.3. The smallest absolute Gasteiger partial charge is 0.296 e. The van der Waals surface area contributed by atoms with Crippen LogP contribution in [0.1, 0.15) is 22.3 Å². The van der Waals surface area contributed by atoms with Gasteiger partial charge in [0.05, 0.1) is 10.6 Å². The minimum atomic E-state index is -3.87. The number of hydrogen-bond acceptors (Lipinski definition) is 4. The summed E-state index contributed by atoms with van der Waals surface area (Å²) in [6.45, 7) is 3.89. The third-order valence-corrected chi connectivity index (χ3v) is 7.42. The highest BCUT2D eigenvalue weighted by Crippen LogP contribution is 2.29. The molecule has 0 saturated heterocycles. The predicted molar refractivity (Wildman–Crippen MR) is 131 cm³/mol. The van der Waals surface area contributed by atoms with Crippen molar-refractivity contribution in [3.8, 4) is 11.8 Å². The van der Waals surface area contributed by atoms with Gasteiger partial charge in [-0.15, -0.1) is 0 Å². The molecule has 0 aliphatic rings. The first-order valence-corrected chi connectivity index (χ1v) is 12.1. The van der Waals surface area contributed by atoms with Gasteiger partial charge in [-0.25, -0.2) is 8.42 Å². The number of anilines is 1. The number of aryl methyl sites for hydroxylation is 2. The third-order valence-electron chi connectivity index (χ3n) is 5.10. The molecule has 170 valence electrons. The first kappa shape index (κ1) is 24.3. The molecule has 1 aromatic heterocycles. The average molecular weight is 482 g/mol. The second kappa shape index (κ2) is 10.5. The molecule has 3 rings (SSSR count). The molecule has 2 aromatic carbocycles. The van der Waals surface area contributed by atoms with Crippen LogP contribution < -0.4 is 9.62 Å². The van der Waals surface area contributed by atoms with Crippen LogP contribution in [0.4, 0.5) is 5.69 Å². The lowest BCUT2D eigenvalue weighted by molar-refractivity contribution is -0.115. The Hall–Kier alpha value is -3.34. The largest absolute Gasteiger partial charge is 0.345 e. The first-order chi connectivity index (χ1) is 15.7. The summed E-state index contributed by atoms with van der Waals surface area (Å²) in [5.41, 5.74) is 3.08. The summed E-state index contributed by atoms with van der Waals surface area (Å²) >= 11 is 6.13. The summed E-state index contributed by atoms with van der Waals surface area (Å²) in [5.74, 6) is 4.91. The molecular weight excluding hydrogens is 458 g/mol. The van der Waals surface area contributed by atoms with Crippen molar-refractivity contribution in [1.82, 2.24) is 10.3 Å². The van der Waals surface area contributed by atoms with Crippen molar-refractivity contribution in [2.45, 2.75) is 25.2 Å². The molecule has 1 N–H and O–H groups in total. The third kappa shape index (κ3) is 5.92. The monoisotopic (exact) mass is 481 g/mol. The number of amides is 1. The van der Waals surface area contributed by atoms with Gasteiger partial charge < -0.3 is 5.32 Å². The highest BCUT2D eigenvalue weighted by Gasteiger charge is 2.25. The standard InChI is InChI=1S/C25H24ClN3O3S/c1-18-17-24(19(2)16-22(18)26)33(31,32)29(3)23-7-5-4-6-21(23)8-9-25(30)28-15-12-20-10-13-27-14-11-20/h4-7,10-11,13-14,16-17H,12,15H2,1-3H3,(H,28,30). The molecule has 6 nitrogen and oxygen atoms in total. The molecule has 0 bridgehead atoms. The van der Waals surface area contributed by atoms with Crippen LogP contribution in [0, 0.1) is 25.7 Å². The van der Waals surface area contributed by atoms with Crippen molar-refractivity contribution in [3.63, 3.8) is 0 Å². The van der Waals surface area contributed by atoms with E-state index in [2.05, 4.69) is 22.1 Å². The Morgan fingerprint density at radius 1 is 1.09 bits per heavy atom. The molecule has 0 atom stereocenters. The van der Waals surface area contributed by atoms with Gasteiger partial charge in [0.25, 0.3) is 15.9 Å². The van der Waals surface area contributed by atoms with Crippen LogP contribution in [0.3, 0.4) is 0 Å². The van der Waals surface area contributed by atoms with Gasteiger partial charge >= 0.3 is 0 Å². The van der Waals surface area contributed by atoms with Gasteiger partial charge in [-0.1, -0.05) is 29.7 Å². The maximum Gasteiger partial charge on any atom is 0.296 e. The van der Waals surface area contributed by atoms with Crippen LogP contribution >= 0.6 is 11.6 Å². The number of hydrogen-bond donors (Lipinski definition) is 1. The lowest BCUT2D eigenvalue weighted by atomic mass is 10.2. The molecule has 1 amide bonds. The van der Waals surface area contributed by atoms with Gasteiger partial charge in [-0.2, -0.15) is 0 Å². The van der Waals surface area contributed by atoms with Crippen molar-refractivity contribution in [2.75, 3.05) is 17.9 Å². The number of carbonyl (C=O) groups is 1. The molecule has 8 heteroatoms. The number of aromatic nitrogens is 1. The summed E-state index contributed by atoms with van der Waals surface area (Å²) < 4.78 is 27.8. The van der Waals surface area contributed by atoms with Gasteiger partial charge in [0, 0.05) is 42.5 Å². The molecular formula is C25H24ClN3O3S. The van der Waals surface area contributed by atoms with Gasteiger partial charge in [0.15, 0.2) is 0 Å². The summed E-state index contributed by atoms with van der Waals surface area (Å²) in [4.78, 5) is 16.3. The number of nitrogens with one attached hydrogen (secondary N) is 1. The number of halogens is 1. The van der Waals surface area contributed by atoms with E-state index in [-0.39, 0.29) is 4.90 Å². The number of rotatable bonds is 6. The Balaban J connectivity index is 1.79. The molecule has 0 radical (unpaired) electrons. The van der Waals surface area contributed by atoms with E-state index in [1.54, 1.807) is 62.6 Å². The molecule has 3 aromatic rings. The van der Waals surface area contributed by atoms with Crippen LogP contribution in [0.25, 0.3) is 0 Å². The zero-order valence-corrected chi connectivity index (χ0v) is 20.2. The van der Waals surface area contributed by atoms with Crippen LogP contribution in [0.5, 0.6) is 0 Å². The van der Waals surface area contributed by atoms with E-state index in [0.29, 0.717) is 40.4 Å². The lowest BCUT2D eigenvalue weighted by Gasteiger charge is -2.22. The summed E-state index contributed by atoms with van der Waals surface area (Å²) in [7, 11) is -2.40. The zero-order chi connectivity index (χ0) is 24.0. The number of carbonyl (C=O) groups excluding carboxylic acids is 1. The Morgan fingerprint density at radius 3 is 2.52 bits per heavy atom. The van der Waals surface area contributed by atoms with E-state index in [1.165, 1.54) is 11.4 Å². The molecule has 0 fully saturated rings. The fraction of sp³-hybridized carbons (Fsp3) is 0.200. The number of benzene rings is 2. The first-order valence-electron chi connectivity index (χ1n) is 10.2. The van der Waals surface area contributed by atoms with Crippen LogP contribution in [-0.4, -0.2) is 32.9 Å². The molecule has 0 spiro atoms. The molecule has 0 saturated carbocycles. The number of sulfonamides is 1. The van der Waals surface area contributed by atoms with Gasteiger partial charge in [0.1, 0.15) is 0 Å². The predicted octanol–water partition coefficient (Wildman–Crippen LogP) is 3.89. The van der Waals surface area contributed by atoms with Crippen molar-refractivity contribution >= 4 is 33.2 Å². The molecule has 0 unspecified atom stereocenters. The summed E-state index contributed by atoms with van der Waals surface area (Å²) in [5, 5.41) is 3.26. The number of nitrogens with zero attached hydrogens (tertiary/aromatic N) is 2. The number of pyridine rings is 1. The lowest BCUT2D eigenvalue weighted by Crippen LogP contribution is -2.28. The second-order valence-corrected chi connectivity index (χ2v) is 9.81. The molecule has 33 heavy (non-hydrogen) atoms. The zero-order valence-electron chi connectivity index (χ0n) is 18.6. The Morgan fingerprint density at radius 2 is 1.79 bits per heavy atom. The highest BCUT2D eigenvalue weighted by atomic mass is 35.5. The minimum Gasteiger partial charge on any atom is -0.345 e. The SMILES string of the molecule is Cc1cc(S(=O)(=O)N(C)c2ccccc2C#CC(=O)NCCc2ccncc2)c(C)cc1Cl. The van der Waals surface area contributed by atoms with Gasteiger partial charge in [-0.3, -0.25) is 14.1 Å². The fourth-order valence-electron chi connectivity index (χ4n) is 3.20. The Labute approximate surface area is 199 Å². The van der Waals surface area contributed by atoms with E-state index in [9.17, 15) is 13.2 Å². The molecule has 1 heterocycles. The molecule has 0 aliphatic carbocycles. The maximum absolute atomic E-state index is 13.3. The van der Waals surface area contributed by atoms with E-state index < -0.39 is 15.9 Å². The number of para-hydroxylation sites is 1. The quantitative estimate of drug-likeness (QED) is 0.542. The summed E-state index contributed by atoms with van der Waals surface area (Å²) in [6, 6.07) is 13.8. The topological polar surface area (TPSA) is 79.4 Å². The van der Waals surface area contributed by atoms with Crippen molar-refractivity contribution in [3.05, 3.63) is 88.2 Å². The van der Waals surface area contributed by atoms with Crippen LogP contribution in [0.15, 0.2) is 65.8 Å². The normalized spacial score (nSPS) is 10.8. The Bertz CT molecular complexity index is 1330. The fourth-order valence-corrected chi connectivity index (χ4v) is 4.92. The van der Waals surface area contributed by atoms with E-state index in [4.69, 9.17) is 11.6 Å². The van der Waals surface area contributed by atoms with E-state index in [1.807, 2.05) is 12.1 Å². The average Bonchev–Trinajstić information content (AvgIpc) is 2.80. The van der Waals surface area contributed by atoms with E-state index in [0.717, 1.165) is 5.56 Å². The summed E-state index contributed by atoms with van der Waals surface area (Å²) in [6.07, 6.45) is 4.06. The minimum absolute atomic E-state index is 0.170. The van der Waals surface area contributed by atoms with Crippen molar-refractivity contribution in [1.29, 1.82) is 0 Å². The molecule has 0 aliphatic heterocycles. The van der Waals surface area contributed by atoms with Gasteiger partial charge in [-0.05, 0) is 73.4 Å². The van der Waals surface area contributed by atoms with Crippen LogP contribution in [0.2, 0.25) is 5.02 Å². The highest BCUT2D eigenvalue weighted by molar-refractivity contribution is 7.92.